The monoisotopic (exact) mass is 509 g/mol. The molecule has 0 aromatic heterocycles. The molecule has 0 N–H and O–H groups in total. The van der Waals surface area contributed by atoms with Gasteiger partial charge in [-0.25, -0.2) is 0 Å². The Bertz CT molecular complexity index is 1130. The van der Waals surface area contributed by atoms with E-state index >= 15 is 0 Å². The number of methoxy groups -OCH3 is 2. The van der Waals surface area contributed by atoms with Crippen LogP contribution in [0.5, 0.6) is 17.2 Å². The minimum absolute atomic E-state index is 0.0298. The van der Waals surface area contributed by atoms with Crippen LogP contribution in [0, 0.1) is 0 Å². The van der Waals surface area contributed by atoms with Gasteiger partial charge >= 0.3 is 0 Å². The zero-order valence-electron chi connectivity index (χ0n) is 19.1. The molecule has 0 fully saturated rings. The molecule has 172 valence electrons. The molecule has 0 saturated carbocycles. The van der Waals surface area contributed by atoms with E-state index in [0.717, 1.165) is 34.2 Å². The molecule has 0 aliphatic carbocycles. The predicted octanol–water partition coefficient (Wildman–Crippen LogP) is 5.85. The molecular formula is C27H28BrNO4. The molecule has 1 heterocycles. The van der Waals surface area contributed by atoms with Gasteiger partial charge in [0.25, 0.3) is 5.91 Å². The molecule has 5 nitrogen and oxygen atoms in total. The first-order chi connectivity index (χ1) is 16.0. The van der Waals surface area contributed by atoms with Crippen LogP contribution in [-0.2, 0) is 12.8 Å². The fourth-order valence-electron chi connectivity index (χ4n) is 4.24. The molecule has 1 amide bonds. The Labute approximate surface area is 203 Å². The van der Waals surface area contributed by atoms with Crippen molar-refractivity contribution in [3.8, 4) is 17.2 Å². The number of rotatable bonds is 7. The maximum atomic E-state index is 13.6. The van der Waals surface area contributed by atoms with Crippen molar-refractivity contribution in [2.24, 2.45) is 0 Å². The van der Waals surface area contributed by atoms with E-state index in [1.54, 1.807) is 14.2 Å². The number of amides is 1. The van der Waals surface area contributed by atoms with Gasteiger partial charge in [-0.3, -0.25) is 4.79 Å². The summed E-state index contributed by atoms with van der Waals surface area (Å²) >= 11 is 3.53. The maximum Gasteiger partial charge on any atom is 0.255 e. The normalized spacial score (nSPS) is 15.0. The highest BCUT2D eigenvalue weighted by Gasteiger charge is 2.34. The van der Waals surface area contributed by atoms with Crippen LogP contribution in [0.4, 0.5) is 0 Å². The van der Waals surface area contributed by atoms with Crippen molar-refractivity contribution in [1.82, 2.24) is 4.90 Å². The molecule has 1 aliphatic rings. The van der Waals surface area contributed by atoms with Gasteiger partial charge in [0.2, 0.25) is 0 Å². The van der Waals surface area contributed by atoms with Crippen molar-refractivity contribution in [1.29, 1.82) is 0 Å². The lowest BCUT2D eigenvalue weighted by molar-refractivity contribution is 0.0588. The van der Waals surface area contributed by atoms with Crippen LogP contribution in [-0.4, -0.2) is 38.2 Å². The van der Waals surface area contributed by atoms with Crippen molar-refractivity contribution in [2.75, 3.05) is 27.4 Å². The van der Waals surface area contributed by atoms with Gasteiger partial charge in [-0.15, -0.1) is 0 Å². The Morgan fingerprint density at radius 3 is 2.39 bits per heavy atom. The summed E-state index contributed by atoms with van der Waals surface area (Å²) in [6.45, 7) is 3.05. The van der Waals surface area contributed by atoms with Crippen molar-refractivity contribution in [3.05, 3.63) is 87.4 Å². The van der Waals surface area contributed by atoms with E-state index in [0.29, 0.717) is 30.2 Å². The van der Waals surface area contributed by atoms with Crippen LogP contribution in [0.3, 0.4) is 0 Å². The Morgan fingerprint density at radius 1 is 1.03 bits per heavy atom. The summed E-state index contributed by atoms with van der Waals surface area (Å²) in [6.07, 6.45) is 1.71. The second kappa shape index (κ2) is 10.3. The number of carbonyl (C=O) groups excluding carboxylic acids is 1. The summed E-state index contributed by atoms with van der Waals surface area (Å²) in [6, 6.07) is 19.4. The Morgan fingerprint density at radius 2 is 1.73 bits per heavy atom. The standard InChI is InChI=1S/C27H28BrNO4/c1-4-18-9-11-20(12-10-18)33-17-24-22-16-26(32-3)25(31-2)15-19(22)13-14-29(24)27(30)21-7-5-6-8-23(21)28/h5-12,15-16,24H,4,13-14,17H2,1-3H3. The van der Waals surface area contributed by atoms with Gasteiger partial charge in [0.1, 0.15) is 12.4 Å². The number of aryl methyl sites for hydroxylation is 1. The van der Waals surface area contributed by atoms with Crippen LogP contribution < -0.4 is 14.2 Å². The summed E-state index contributed by atoms with van der Waals surface area (Å²) in [5.74, 6) is 2.09. The van der Waals surface area contributed by atoms with Crippen molar-refractivity contribution in [3.63, 3.8) is 0 Å². The minimum atomic E-state index is -0.265. The van der Waals surface area contributed by atoms with Gasteiger partial charge in [-0.1, -0.05) is 31.2 Å². The summed E-state index contributed by atoms with van der Waals surface area (Å²) in [5.41, 5.74) is 4.05. The van der Waals surface area contributed by atoms with Crippen molar-refractivity contribution >= 4 is 21.8 Å². The summed E-state index contributed by atoms with van der Waals surface area (Å²) in [5, 5.41) is 0. The zero-order valence-corrected chi connectivity index (χ0v) is 20.7. The van der Waals surface area contributed by atoms with Crippen LogP contribution in [0.25, 0.3) is 0 Å². The van der Waals surface area contributed by atoms with Gasteiger partial charge in [-0.2, -0.15) is 0 Å². The molecule has 3 aromatic carbocycles. The number of nitrogens with zero attached hydrogens (tertiary/aromatic N) is 1. The largest absolute Gasteiger partial charge is 0.493 e. The van der Waals surface area contributed by atoms with Crippen molar-refractivity contribution < 1.29 is 19.0 Å². The average molecular weight is 510 g/mol. The molecule has 0 radical (unpaired) electrons. The second-order valence-corrected chi connectivity index (χ2v) is 8.81. The number of ether oxygens (including phenoxy) is 3. The Kier molecular flexibility index (Phi) is 7.23. The summed E-state index contributed by atoms with van der Waals surface area (Å²) < 4.78 is 18.0. The van der Waals surface area contributed by atoms with Gasteiger partial charge in [0, 0.05) is 11.0 Å². The van der Waals surface area contributed by atoms with Crippen LogP contribution in [0.1, 0.15) is 40.0 Å². The number of fused-ring (bicyclic) bond motifs is 1. The highest BCUT2D eigenvalue weighted by Crippen LogP contribution is 2.39. The van der Waals surface area contributed by atoms with E-state index in [1.165, 1.54) is 5.56 Å². The summed E-state index contributed by atoms with van der Waals surface area (Å²) in [7, 11) is 3.26. The molecule has 0 saturated heterocycles. The lowest BCUT2D eigenvalue weighted by Crippen LogP contribution is -2.42. The first-order valence-electron chi connectivity index (χ1n) is 11.1. The van der Waals surface area contributed by atoms with E-state index in [2.05, 4.69) is 35.0 Å². The van der Waals surface area contributed by atoms with Gasteiger partial charge < -0.3 is 19.1 Å². The van der Waals surface area contributed by atoms with E-state index < -0.39 is 0 Å². The topological polar surface area (TPSA) is 48.0 Å². The molecular weight excluding hydrogens is 482 g/mol. The highest BCUT2D eigenvalue weighted by molar-refractivity contribution is 9.10. The SMILES string of the molecule is CCc1ccc(OCC2c3cc(OC)c(OC)cc3CCN2C(=O)c2ccccc2Br)cc1. The molecule has 1 atom stereocenters. The fourth-order valence-corrected chi connectivity index (χ4v) is 4.69. The molecule has 1 aliphatic heterocycles. The van der Waals surface area contributed by atoms with E-state index in [-0.39, 0.29) is 11.9 Å². The molecule has 4 rings (SSSR count). The first kappa shape index (κ1) is 23.2. The lowest BCUT2D eigenvalue weighted by Gasteiger charge is -2.38. The number of halogens is 1. The van der Waals surface area contributed by atoms with Gasteiger partial charge in [0.15, 0.2) is 11.5 Å². The van der Waals surface area contributed by atoms with Crippen LogP contribution in [0.15, 0.2) is 65.1 Å². The average Bonchev–Trinajstić information content (AvgIpc) is 2.86. The second-order valence-electron chi connectivity index (χ2n) is 7.96. The first-order valence-corrected chi connectivity index (χ1v) is 11.9. The quantitative estimate of drug-likeness (QED) is 0.400. The predicted molar refractivity (Wildman–Crippen MR) is 132 cm³/mol. The van der Waals surface area contributed by atoms with Crippen LogP contribution in [0.2, 0.25) is 0 Å². The molecule has 6 heteroatoms. The molecule has 0 spiro atoms. The van der Waals surface area contributed by atoms with Crippen LogP contribution >= 0.6 is 15.9 Å². The van der Waals surface area contributed by atoms with Crippen molar-refractivity contribution in [2.45, 2.75) is 25.8 Å². The van der Waals surface area contributed by atoms with E-state index in [9.17, 15) is 4.79 Å². The third-order valence-electron chi connectivity index (χ3n) is 6.11. The Hall–Kier alpha value is -2.99. The lowest BCUT2D eigenvalue weighted by atomic mass is 9.91. The third kappa shape index (κ3) is 4.86. The number of benzene rings is 3. The molecule has 33 heavy (non-hydrogen) atoms. The summed E-state index contributed by atoms with van der Waals surface area (Å²) in [4.78, 5) is 15.5. The number of hydrogen-bond acceptors (Lipinski definition) is 4. The molecule has 3 aromatic rings. The number of hydrogen-bond donors (Lipinski definition) is 0. The Balaban J connectivity index is 1.70. The number of carbonyl (C=O) groups is 1. The van der Waals surface area contributed by atoms with Gasteiger partial charge in [0.05, 0.1) is 25.8 Å². The zero-order chi connectivity index (χ0) is 23.4. The fraction of sp³-hybridized carbons (Fsp3) is 0.296. The third-order valence-corrected chi connectivity index (χ3v) is 6.80. The van der Waals surface area contributed by atoms with Gasteiger partial charge in [-0.05, 0) is 81.9 Å². The van der Waals surface area contributed by atoms with E-state index in [4.69, 9.17) is 14.2 Å². The smallest absolute Gasteiger partial charge is 0.255 e. The minimum Gasteiger partial charge on any atom is -0.493 e. The maximum absolute atomic E-state index is 13.6. The highest BCUT2D eigenvalue weighted by atomic mass is 79.9. The molecule has 1 unspecified atom stereocenters. The van der Waals surface area contributed by atoms with E-state index in [1.807, 2.05) is 53.4 Å². The molecule has 0 bridgehead atoms.